The van der Waals surface area contributed by atoms with Crippen molar-refractivity contribution in [2.45, 2.75) is 69.9 Å². The molecule has 8 rings (SSSR count). The summed E-state index contributed by atoms with van der Waals surface area (Å²) < 4.78 is 27.7. The van der Waals surface area contributed by atoms with Gasteiger partial charge in [-0.1, -0.05) is 47.5 Å². The van der Waals surface area contributed by atoms with Gasteiger partial charge < -0.3 is 20.9 Å². The summed E-state index contributed by atoms with van der Waals surface area (Å²) in [6.07, 6.45) is 10.6. The molecule has 4 bridgehead atoms. The van der Waals surface area contributed by atoms with E-state index in [0.717, 1.165) is 86.1 Å². The number of hydrogen-bond donors (Lipinski definition) is 2. The maximum absolute atomic E-state index is 13.2. The number of rotatable bonds is 9. The van der Waals surface area contributed by atoms with Gasteiger partial charge in [-0.05, 0) is 140 Å². The summed E-state index contributed by atoms with van der Waals surface area (Å²) in [4.78, 5) is 46.2. The number of halogens is 6. The third-order valence-corrected chi connectivity index (χ3v) is 14.0. The van der Waals surface area contributed by atoms with E-state index in [2.05, 4.69) is 47.0 Å². The summed E-state index contributed by atoms with van der Waals surface area (Å²) in [5.41, 5.74) is 10.7. The lowest BCUT2D eigenvalue weighted by molar-refractivity contribution is -0.132. The Morgan fingerprint density at radius 2 is 1.07 bits per heavy atom. The van der Waals surface area contributed by atoms with Crippen LogP contribution in [0.25, 0.3) is 12.2 Å². The van der Waals surface area contributed by atoms with Crippen LogP contribution in [0.3, 0.4) is 0 Å². The van der Waals surface area contributed by atoms with E-state index in [1.165, 1.54) is 31.2 Å². The Labute approximate surface area is 381 Å². The summed E-state index contributed by atoms with van der Waals surface area (Å²) in [6, 6.07) is 20.9. The largest absolute Gasteiger partial charge is 0.398 e. The molecule has 3 amide bonds. The maximum atomic E-state index is 13.2. The fourth-order valence-electron chi connectivity index (χ4n) is 8.87. The number of carbonyl (C=O) groups excluding carboxylic acids is 3. The van der Waals surface area contributed by atoms with Crippen molar-refractivity contribution >= 4 is 96.3 Å². The van der Waals surface area contributed by atoms with Crippen LogP contribution in [0.2, 0.25) is 10.0 Å². The number of nitrogens with two attached hydrogens (primary N) is 1. The van der Waals surface area contributed by atoms with Gasteiger partial charge in [-0.25, -0.2) is 8.78 Å². The molecule has 4 aliphatic rings. The number of benzene rings is 4. The minimum atomic E-state index is -0.231. The zero-order chi connectivity index (χ0) is 43.4. The molecule has 320 valence electrons. The minimum Gasteiger partial charge on any atom is -0.398 e. The SMILES string of the molecule is CC(=O)Nc1cc(Cl)c(Br)cc1/C=C/C(=O)N1C2CCC1CN(Cc1ccc(F)cc1)C2.Nc1cc(Cl)c(Br)cc1/C=C/C(=O)N1C2CCC1CN(Cc1ccc(F)cc1)C2. The van der Waals surface area contributed by atoms with Gasteiger partial charge in [-0.3, -0.25) is 24.2 Å². The van der Waals surface area contributed by atoms with Crippen molar-refractivity contribution in [2.75, 3.05) is 37.2 Å². The number of nitrogen functional groups attached to an aromatic ring is 1. The molecule has 4 saturated heterocycles. The van der Waals surface area contributed by atoms with Gasteiger partial charge in [0.1, 0.15) is 11.6 Å². The number of nitrogens with zero attached hydrogens (tertiary/aromatic N) is 4. The number of likely N-dealkylation sites (tertiary alicyclic amines) is 2. The van der Waals surface area contributed by atoms with Crippen LogP contribution in [0.15, 0.2) is 93.9 Å². The lowest BCUT2D eigenvalue weighted by atomic mass is 10.1. The average Bonchev–Trinajstić information content (AvgIpc) is 3.65. The molecule has 4 aromatic rings. The number of piperazine rings is 2. The lowest BCUT2D eigenvalue weighted by Crippen LogP contribution is -2.55. The van der Waals surface area contributed by atoms with E-state index in [-0.39, 0.29) is 53.5 Å². The van der Waals surface area contributed by atoms with E-state index in [9.17, 15) is 23.2 Å². The Morgan fingerprint density at radius 3 is 1.49 bits per heavy atom. The average molecular weight is 1000 g/mol. The number of fused-ring (bicyclic) bond motifs is 4. The van der Waals surface area contributed by atoms with Gasteiger partial charge in [0.25, 0.3) is 0 Å². The van der Waals surface area contributed by atoms with Crippen LogP contribution in [-0.2, 0) is 27.5 Å². The quantitative estimate of drug-likeness (QED) is 0.128. The lowest BCUT2D eigenvalue weighted by Gasteiger charge is -2.40. The molecule has 3 N–H and O–H groups in total. The molecule has 4 unspecified atom stereocenters. The first-order valence-electron chi connectivity index (χ1n) is 20.2. The molecule has 0 spiro atoms. The van der Waals surface area contributed by atoms with Crippen molar-refractivity contribution in [2.24, 2.45) is 0 Å². The Morgan fingerprint density at radius 1 is 0.672 bits per heavy atom. The normalized spacial score (nSPS) is 21.2. The Bertz CT molecular complexity index is 2310. The second kappa shape index (κ2) is 19.9. The highest BCUT2D eigenvalue weighted by atomic mass is 79.9. The van der Waals surface area contributed by atoms with Crippen LogP contribution in [0.4, 0.5) is 20.2 Å². The summed E-state index contributed by atoms with van der Waals surface area (Å²) in [5, 5.41) is 3.78. The van der Waals surface area contributed by atoms with Crippen molar-refractivity contribution in [3.8, 4) is 0 Å². The van der Waals surface area contributed by atoms with Gasteiger partial charge in [-0.15, -0.1) is 0 Å². The summed E-state index contributed by atoms with van der Waals surface area (Å²) in [6.45, 7) is 6.24. The Balaban J connectivity index is 0.000000185. The third kappa shape index (κ3) is 11.3. The van der Waals surface area contributed by atoms with Gasteiger partial charge in [0.15, 0.2) is 0 Å². The highest BCUT2D eigenvalue weighted by Gasteiger charge is 2.43. The number of carbonyl (C=O) groups is 3. The first-order valence-corrected chi connectivity index (χ1v) is 22.5. The fourth-order valence-corrected chi connectivity index (χ4v) is 9.93. The van der Waals surface area contributed by atoms with Crippen LogP contribution in [-0.4, -0.2) is 87.7 Å². The summed E-state index contributed by atoms with van der Waals surface area (Å²) in [5.74, 6) is -0.669. The van der Waals surface area contributed by atoms with Gasteiger partial charge in [0, 0.05) is 103 Å². The molecule has 4 fully saturated rings. The van der Waals surface area contributed by atoms with Crippen molar-refractivity contribution in [3.05, 3.63) is 138 Å². The molecular weight excluding hydrogens is 953 g/mol. The molecule has 4 aliphatic heterocycles. The van der Waals surface area contributed by atoms with Crippen LogP contribution in [0.1, 0.15) is 54.9 Å². The Hall–Kier alpha value is -4.11. The smallest absolute Gasteiger partial charge is 0.247 e. The zero-order valence-electron chi connectivity index (χ0n) is 33.5. The molecule has 0 radical (unpaired) electrons. The summed E-state index contributed by atoms with van der Waals surface area (Å²) >= 11 is 19.0. The van der Waals surface area contributed by atoms with Crippen LogP contribution >= 0.6 is 55.1 Å². The third-order valence-electron chi connectivity index (χ3n) is 11.6. The molecule has 61 heavy (non-hydrogen) atoms. The zero-order valence-corrected chi connectivity index (χ0v) is 38.2. The monoisotopic (exact) mass is 996 g/mol. The molecule has 0 aromatic heterocycles. The van der Waals surface area contributed by atoms with Crippen molar-refractivity contribution in [1.82, 2.24) is 19.6 Å². The van der Waals surface area contributed by atoms with Crippen LogP contribution in [0, 0.1) is 11.6 Å². The van der Waals surface area contributed by atoms with Gasteiger partial charge >= 0.3 is 0 Å². The molecular formula is C46H46Br2Cl2F2N6O3. The van der Waals surface area contributed by atoms with Gasteiger partial charge in [0.2, 0.25) is 17.7 Å². The molecule has 4 heterocycles. The predicted molar refractivity (Wildman–Crippen MR) is 246 cm³/mol. The molecule has 9 nitrogen and oxygen atoms in total. The predicted octanol–water partition coefficient (Wildman–Crippen LogP) is 9.80. The maximum Gasteiger partial charge on any atom is 0.247 e. The number of anilines is 2. The fraction of sp³-hybridized carbons (Fsp3) is 0.326. The first kappa shape index (κ1) is 44.9. The van der Waals surface area contributed by atoms with Crippen molar-refractivity contribution in [3.63, 3.8) is 0 Å². The van der Waals surface area contributed by atoms with Gasteiger partial charge in [-0.2, -0.15) is 0 Å². The topological polar surface area (TPSA) is 102 Å². The van der Waals surface area contributed by atoms with E-state index in [4.69, 9.17) is 28.9 Å². The molecule has 4 atom stereocenters. The van der Waals surface area contributed by atoms with E-state index >= 15 is 0 Å². The van der Waals surface area contributed by atoms with E-state index in [1.807, 2.05) is 40.1 Å². The van der Waals surface area contributed by atoms with Gasteiger partial charge in [0.05, 0.1) is 10.0 Å². The standard InChI is InChI=1S/C24H24BrClFN3O2.C22H22BrClFN3O/c1-15(31)28-23-11-22(26)21(25)10-17(23)4-9-24(32)30-19-7-8-20(30)14-29(13-19)12-16-2-5-18(27)6-3-16;23-19-9-15(21(26)10-20(19)24)3-8-22(29)28-17-6-7-18(28)13-27(12-17)11-14-1-4-16(25)5-2-14/h2-6,9-11,19-20H,7-8,12-14H2,1H3,(H,28,31);1-5,8-10,17-18H,6-7,11-13,26H2/b9-4+;8-3+. The highest BCUT2D eigenvalue weighted by molar-refractivity contribution is 9.10. The molecule has 15 heteroatoms. The molecule has 4 aromatic carbocycles. The first-order chi connectivity index (χ1) is 29.2. The second-order valence-corrected chi connectivity index (χ2v) is 18.5. The molecule has 0 aliphatic carbocycles. The van der Waals surface area contributed by atoms with E-state index < -0.39 is 0 Å². The minimum absolute atomic E-state index is 0.0180. The van der Waals surface area contributed by atoms with E-state index in [1.54, 1.807) is 42.5 Å². The number of nitrogens with one attached hydrogen (secondary N) is 1. The van der Waals surface area contributed by atoms with Crippen LogP contribution in [0.5, 0.6) is 0 Å². The molecule has 0 saturated carbocycles. The van der Waals surface area contributed by atoms with E-state index in [0.29, 0.717) is 31.5 Å². The highest BCUT2D eigenvalue weighted by Crippen LogP contribution is 2.35. The van der Waals surface area contributed by atoms with Crippen molar-refractivity contribution < 1.29 is 23.2 Å². The number of hydrogen-bond acceptors (Lipinski definition) is 6. The number of amides is 3. The van der Waals surface area contributed by atoms with Crippen LogP contribution < -0.4 is 11.1 Å². The summed E-state index contributed by atoms with van der Waals surface area (Å²) in [7, 11) is 0. The Kier molecular flexibility index (Phi) is 14.7. The second-order valence-electron chi connectivity index (χ2n) is 16.0. The van der Waals surface area contributed by atoms with Crippen molar-refractivity contribution in [1.29, 1.82) is 0 Å².